The van der Waals surface area contributed by atoms with Crippen LogP contribution in [0, 0.1) is 6.92 Å². The lowest BCUT2D eigenvalue weighted by molar-refractivity contribution is 0.102. The van der Waals surface area contributed by atoms with Crippen molar-refractivity contribution in [3.8, 4) is 5.82 Å². The highest BCUT2D eigenvalue weighted by atomic mass is 16.1. The fraction of sp³-hybridized carbons (Fsp3) is 0.118. The molecule has 0 aliphatic carbocycles. The van der Waals surface area contributed by atoms with Gasteiger partial charge in [-0.05, 0) is 19.1 Å². The Balaban J connectivity index is 1.76. The average molecular weight is 333 g/mol. The van der Waals surface area contributed by atoms with E-state index in [4.69, 9.17) is 0 Å². The van der Waals surface area contributed by atoms with Crippen molar-refractivity contribution < 1.29 is 4.79 Å². The van der Waals surface area contributed by atoms with Gasteiger partial charge in [0.1, 0.15) is 0 Å². The molecule has 1 aromatic carbocycles. The van der Waals surface area contributed by atoms with Gasteiger partial charge in [-0.3, -0.25) is 4.79 Å². The Morgan fingerprint density at radius 1 is 1.24 bits per heavy atom. The number of hydrogen-bond donors (Lipinski definition) is 2. The molecule has 8 heteroatoms. The van der Waals surface area contributed by atoms with E-state index in [1.54, 1.807) is 23.4 Å². The molecule has 25 heavy (non-hydrogen) atoms. The number of amides is 1. The molecule has 3 aromatic rings. The van der Waals surface area contributed by atoms with Crippen LogP contribution in [0.3, 0.4) is 0 Å². The summed E-state index contributed by atoms with van der Waals surface area (Å²) in [5.41, 5.74) is 2.49. The summed E-state index contributed by atoms with van der Waals surface area (Å²) in [6, 6.07) is 9.20. The van der Waals surface area contributed by atoms with Gasteiger partial charge in [0.05, 0.1) is 18.2 Å². The van der Waals surface area contributed by atoms with E-state index in [9.17, 15) is 4.79 Å². The summed E-state index contributed by atoms with van der Waals surface area (Å²) in [6.07, 6.45) is 4.87. The summed E-state index contributed by atoms with van der Waals surface area (Å²) in [6.45, 7) is 2.44. The van der Waals surface area contributed by atoms with Crippen LogP contribution in [0.1, 0.15) is 21.7 Å². The largest absolute Gasteiger partial charge is 0.372 e. The molecule has 1 aliphatic heterocycles. The smallest absolute Gasteiger partial charge is 0.278 e. The first kappa shape index (κ1) is 15.0. The van der Waals surface area contributed by atoms with Crippen LogP contribution in [0.2, 0.25) is 0 Å². The van der Waals surface area contributed by atoms with E-state index in [1.165, 1.54) is 0 Å². The summed E-state index contributed by atoms with van der Waals surface area (Å²) >= 11 is 0. The quantitative estimate of drug-likeness (QED) is 0.764. The molecule has 2 N–H and O–H groups in total. The van der Waals surface area contributed by atoms with Crippen LogP contribution < -0.4 is 10.6 Å². The van der Waals surface area contributed by atoms with Gasteiger partial charge >= 0.3 is 0 Å². The van der Waals surface area contributed by atoms with Gasteiger partial charge in [0.25, 0.3) is 5.91 Å². The molecule has 0 radical (unpaired) electrons. The number of para-hydroxylation sites is 1. The highest BCUT2D eigenvalue weighted by molar-refractivity contribution is 6.04. The van der Waals surface area contributed by atoms with E-state index in [2.05, 4.69) is 30.7 Å². The zero-order valence-electron chi connectivity index (χ0n) is 13.5. The number of carbonyl (C=O) groups excluding carboxylic acids is 1. The van der Waals surface area contributed by atoms with Crippen molar-refractivity contribution in [1.82, 2.24) is 25.1 Å². The van der Waals surface area contributed by atoms with Crippen LogP contribution >= 0.6 is 0 Å². The number of hydrogen-bond acceptors (Lipinski definition) is 6. The molecule has 0 atom stereocenters. The van der Waals surface area contributed by atoms with Crippen molar-refractivity contribution in [1.29, 1.82) is 0 Å². The lowest BCUT2D eigenvalue weighted by Crippen LogP contribution is -2.19. The summed E-state index contributed by atoms with van der Waals surface area (Å²) < 4.78 is 1.55. The number of anilines is 1. The van der Waals surface area contributed by atoms with Crippen molar-refractivity contribution in [3.63, 3.8) is 0 Å². The number of aliphatic imine (C=N–C) groups is 1. The second-order valence-corrected chi connectivity index (χ2v) is 5.55. The molecular weight excluding hydrogens is 318 g/mol. The maximum absolute atomic E-state index is 12.7. The van der Waals surface area contributed by atoms with Crippen molar-refractivity contribution in [2.75, 3.05) is 5.32 Å². The topological polar surface area (TPSA) is 97.1 Å². The van der Waals surface area contributed by atoms with Gasteiger partial charge in [0.15, 0.2) is 17.3 Å². The Morgan fingerprint density at radius 3 is 2.92 bits per heavy atom. The third kappa shape index (κ3) is 2.85. The lowest BCUT2D eigenvalue weighted by Gasteiger charge is -2.12. The number of rotatable bonds is 3. The van der Waals surface area contributed by atoms with Crippen LogP contribution in [0.4, 0.5) is 11.5 Å². The first-order chi connectivity index (χ1) is 12.2. The Morgan fingerprint density at radius 2 is 2.08 bits per heavy atom. The normalized spacial score (nSPS) is 12.4. The molecule has 1 aliphatic rings. The van der Waals surface area contributed by atoms with Gasteiger partial charge in [-0.1, -0.05) is 18.2 Å². The molecular formula is C17H15N7O. The molecule has 0 fully saturated rings. The van der Waals surface area contributed by atoms with Crippen LogP contribution in [-0.4, -0.2) is 32.0 Å². The molecule has 8 nitrogen and oxygen atoms in total. The van der Waals surface area contributed by atoms with Crippen LogP contribution in [0.15, 0.2) is 47.7 Å². The Labute approximate surface area is 143 Å². The highest BCUT2D eigenvalue weighted by Crippen LogP contribution is 2.25. The predicted molar refractivity (Wildman–Crippen MR) is 93.3 cm³/mol. The summed E-state index contributed by atoms with van der Waals surface area (Å²) in [5.74, 6) is 0.650. The number of carbonyl (C=O) groups is 1. The molecule has 0 unspecified atom stereocenters. The number of aryl methyl sites for hydroxylation is 1. The van der Waals surface area contributed by atoms with Gasteiger partial charge in [-0.15, -0.1) is 0 Å². The van der Waals surface area contributed by atoms with Crippen LogP contribution in [-0.2, 0) is 6.54 Å². The monoisotopic (exact) mass is 333 g/mol. The summed E-state index contributed by atoms with van der Waals surface area (Å²) in [5, 5.41) is 10.2. The highest BCUT2D eigenvalue weighted by Gasteiger charge is 2.22. The fourth-order valence-corrected chi connectivity index (χ4v) is 2.54. The predicted octanol–water partition coefficient (Wildman–Crippen LogP) is 1.99. The number of aromatic nitrogens is 4. The molecule has 4 rings (SSSR count). The Bertz CT molecular complexity index is 962. The van der Waals surface area contributed by atoms with Gasteiger partial charge < -0.3 is 10.6 Å². The molecule has 2 aromatic heterocycles. The second-order valence-electron chi connectivity index (χ2n) is 5.55. The zero-order valence-corrected chi connectivity index (χ0v) is 13.5. The molecule has 124 valence electrons. The SMILES string of the molecule is Cc1cnc(C(=O)Nc2ccccc2)c(-n2ncc3c2N=CNC3)n1. The van der Waals surface area contributed by atoms with E-state index in [-0.39, 0.29) is 11.6 Å². The standard InChI is InChI=1S/C17H15N7O/c1-11-7-19-14(17(25)23-13-5-3-2-4-6-13)16(22-11)24-15-12(9-21-24)8-18-10-20-15/h2-7,9-10H,8H2,1H3,(H,18,20)(H,23,25). The molecule has 3 heterocycles. The summed E-state index contributed by atoms with van der Waals surface area (Å²) in [7, 11) is 0. The van der Waals surface area contributed by atoms with Crippen molar-refractivity contribution >= 4 is 23.8 Å². The Kier molecular flexibility index (Phi) is 3.70. The minimum atomic E-state index is -0.351. The van der Waals surface area contributed by atoms with Crippen molar-refractivity contribution in [2.45, 2.75) is 13.5 Å². The maximum Gasteiger partial charge on any atom is 0.278 e. The van der Waals surface area contributed by atoms with Gasteiger partial charge in [-0.2, -0.15) is 9.78 Å². The number of benzene rings is 1. The van der Waals surface area contributed by atoms with Crippen molar-refractivity contribution in [3.05, 3.63) is 59.7 Å². The minimum Gasteiger partial charge on any atom is -0.372 e. The summed E-state index contributed by atoms with van der Waals surface area (Å²) in [4.78, 5) is 25.8. The third-order valence-corrected chi connectivity index (χ3v) is 3.71. The van der Waals surface area contributed by atoms with E-state index in [1.807, 2.05) is 37.3 Å². The zero-order chi connectivity index (χ0) is 17.2. The average Bonchev–Trinajstić information content (AvgIpc) is 3.06. The van der Waals surface area contributed by atoms with E-state index in [0.717, 1.165) is 5.56 Å². The second kappa shape index (κ2) is 6.16. The van der Waals surface area contributed by atoms with Gasteiger partial charge in [0, 0.05) is 24.0 Å². The number of fused-ring (bicyclic) bond motifs is 1. The molecule has 0 spiro atoms. The van der Waals surface area contributed by atoms with Crippen molar-refractivity contribution in [2.24, 2.45) is 4.99 Å². The van der Waals surface area contributed by atoms with E-state index in [0.29, 0.717) is 29.6 Å². The van der Waals surface area contributed by atoms with E-state index < -0.39 is 0 Å². The molecule has 0 saturated heterocycles. The minimum absolute atomic E-state index is 0.189. The lowest BCUT2D eigenvalue weighted by atomic mass is 10.3. The van der Waals surface area contributed by atoms with E-state index >= 15 is 0 Å². The molecule has 0 saturated carbocycles. The molecule has 0 bridgehead atoms. The number of nitrogens with zero attached hydrogens (tertiary/aromatic N) is 5. The van der Waals surface area contributed by atoms with Crippen LogP contribution in [0.25, 0.3) is 5.82 Å². The van der Waals surface area contributed by atoms with Gasteiger partial charge in [-0.25, -0.2) is 15.0 Å². The Hall–Kier alpha value is -3.55. The molecule has 1 amide bonds. The third-order valence-electron chi connectivity index (χ3n) is 3.71. The maximum atomic E-state index is 12.7. The number of nitrogens with one attached hydrogen (secondary N) is 2. The van der Waals surface area contributed by atoms with Gasteiger partial charge in [0.2, 0.25) is 0 Å². The fourth-order valence-electron chi connectivity index (χ4n) is 2.54. The van der Waals surface area contributed by atoms with Crippen LogP contribution in [0.5, 0.6) is 0 Å². The first-order valence-corrected chi connectivity index (χ1v) is 7.75. The first-order valence-electron chi connectivity index (χ1n) is 7.75.